The fourth-order valence-corrected chi connectivity index (χ4v) is 3.09. The number of hydrogen-bond donors (Lipinski definition) is 2. The van der Waals surface area contributed by atoms with Crippen molar-refractivity contribution in [1.29, 1.82) is 0 Å². The zero-order valence-electron chi connectivity index (χ0n) is 12.7. The van der Waals surface area contributed by atoms with Gasteiger partial charge in [0.2, 0.25) is 0 Å². The average molecular weight is 256 g/mol. The number of nitrogens with one attached hydrogen (secondary N) is 1. The molecule has 2 N–H and O–H groups in total. The van der Waals surface area contributed by atoms with Gasteiger partial charge in [0.25, 0.3) is 0 Å². The molecule has 1 fully saturated rings. The molecule has 3 heteroatoms. The summed E-state index contributed by atoms with van der Waals surface area (Å²) in [5.74, 6) is 0. The van der Waals surface area contributed by atoms with Crippen LogP contribution >= 0.6 is 0 Å². The maximum Gasteiger partial charge on any atom is 0.0769 e. The minimum atomic E-state index is -0.498. The van der Waals surface area contributed by atoms with Crippen LogP contribution in [0.4, 0.5) is 0 Å². The zero-order chi connectivity index (χ0) is 13.6. The summed E-state index contributed by atoms with van der Waals surface area (Å²) in [6.45, 7) is 11.6. The molecule has 1 heterocycles. The van der Waals surface area contributed by atoms with Crippen LogP contribution < -0.4 is 5.32 Å². The first-order valence-electron chi connectivity index (χ1n) is 7.76. The first-order chi connectivity index (χ1) is 8.56. The van der Waals surface area contributed by atoms with Crippen LogP contribution in [0.5, 0.6) is 0 Å². The molecule has 0 aromatic carbocycles. The van der Waals surface area contributed by atoms with E-state index >= 15 is 0 Å². The first-order valence-corrected chi connectivity index (χ1v) is 7.76. The van der Waals surface area contributed by atoms with Gasteiger partial charge in [-0.15, -0.1) is 0 Å². The molecule has 0 aromatic rings. The minimum Gasteiger partial charge on any atom is -0.389 e. The number of aliphatic hydroxyl groups is 1. The van der Waals surface area contributed by atoms with Gasteiger partial charge in [-0.1, -0.05) is 27.2 Å². The molecule has 0 amide bonds. The van der Waals surface area contributed by atoms with Crippen LogP contribution in [0.2, 0.25) is 0 Å². The summed E-state index contributed by atoms with van der Waals surface area (Å²) in [4.78, 5) is 2.52. The second kappa shape index (κ2) is 7.46. The van der Waals surface area contributed by atoms with Crippen molar-refractivity contribution in [3.8, 4) is 0 Å². The molecular formula is C15H32N2O. The second-order valence-electron chi connectivity index (χ2n) is 5.81. The lowest BCUT2D eigenvalue weighted by Gasteiger charge is -2.43. The topological polar surface area (TPSA) is 35.5 Å². The van der Waals surface area contributed by atoms with Crippen LogP contribution in [0.1, 0.15) is 59.8 Å². The maximum absolute atomic E-state index is 10.5. The quantitative estimate of drug-likeness (QED) is 0.734. The highest BCUT2D eigenvalue weighted by Gasteiger charge is 2.33. The van der Waals surface area contributed by atoms with E-state index in [4.69, 9.17) is 0 Å². The number of β-amino-alcohol motifs (C(OH)–C–C–N with tert-alkyl or cyclic N) is 1. The van der Waals surface area contributed by atoms with E-state index in [9.17, 15) is 5.11 Å². The number of hydrogen-bond acceptors (Lipinski definition) is 3. The van der Waals surface area contributed by atoms with Crippen molar-refractivity contribution in [2.24, 2.45) is 0 Å². The highest BCUT2D eigenvalue weighted by molar-refractivity contribution is 4.89. The van der Waals surface area contributed by atoms with Crippen molar-refractivity contribution in [3.63, 3.8) is 0 Å². The SMILES string of the molecule is CCNC(C)C1CCCCN1CC(O)(CC)CC. The third-order valence-electron chi connectivity index (χ3n) is 4.58. The molecule has 1 rings (SSSR count). The van der Waals surface area contributed by atoms with Crippen LogP contribution in [0.3, 0.4) is 0 Å². The van der Waals surface area contributed by atoms with Gasteiger partial charge in [0.05, 0.1) is 5.60 Å². The summed E-state index contributed by atoms with van der Waals surface area (Å²) in [5.41, 5.74) is -0.498. The van der Waals surface area contributed by atoms with E-state index in [1.54, 1.807) is 0 Å². The number of nitrogens with zero attached hydrogens (tertiary/aromatic N) is 1. The number of piperidine rings is 1. The largest absolute Gasteiger partial charge is 0.389 e. The van der Waals surface area contributed by atoms with Crippen LogP contribution in [-0.2, 0) is 0 Å². The fraction of sp³-hybridized carbons (Fsp3) is 1.00. The summed E-state index contributed by atoms with van der Waals surface area (Å²) in [5, 5.41) is 14.1. The standard InChI is InChI=1S/C15H32N2O/c1-5-15(18,6-2)12-17-11-9-8-10-14(17)13(4)16-7-3/h13-14,16,18H,5-12H2,1-4H3. The molecule has 2 unspecified atom stereocenters. The van der Waals surface area contributed by atoms with E-state index in [-0.39, 0.29) is 0 Å². The smallest absolute Gasteiger partial charge is 0.0769 e. The van der Waals surface area contributed by atoms with Crippen molar-refractivity contribution < 1.29 is 5.11 Å². The Labute approximate surface area is 113 Å². The highest BCUT2D eigenvalue weighted by Crippen LogP contribution is 2.24. The van der Waals surface area contributed by atoms with Gasteiger partial charge in [-0.2, -0.15) is 0 Å². The van der Waals surface area contributed by atoms with Gasteiger partial charge in [0.15, 0.2) is 0 Å². The monoisotopic (exact) mass is 256 g/mol. The Morgan fingerprint density at radius 1 is 1.28 bits per heavy atom. The molecule has 108 valence electrons. The van der Waals surface area contributed by atoms with Crippen LogP contribution in [0.15, 0.2) is 0 Å². The van der Waals surface area contributed by atoms with Gasteiger partial charge in [0.1, 0.15) is 0 Å². The molecule has 18 heavy (non-hydrogen) atoms. The zero-order valence-corrected chi connectivity index (χ0v) is 12.7. The molecule has 1 aliphatic heterocycles. The van der Waals surface area contributed by atoms with E-state index in [0.717, 1.165) is 32.5 Å². The van der Waals surface area contributed by atoms with Gasteiger partial charge < -0.3 is 10.4 Å². The third-order valence-corrected chi connectivity index (χ3v) is 4.58. The summed E-state index contributed by atoms with van der Waals surface area (Å²) in [7, 11) is 0. The van der Waals surface area contributed by atoms with Crippen molar-refractivity contribution in [2.45, 2.75) is 77.5 Å². The van der Waals surface area contributed by atoms with Crippen molar-refractivity contribution in [3.05, 3.63) is 0 Å². The normalized spacial score (nSPS) is 24.2. The number of rotatable bonds is 7. The van der Waals surface area contributed by atoms with Crippen molar-refractivity contribution in [2.75, 3.05) is 19.6 Å². The maximum atomic E-state index is 10.5. The average Bonchev–Trinajstić information content (AvgIpc) is 2.39. The molecule has 1 saturated heterocycles. The van der Waals surface area contributed by atoms with Crippen molar-refractivity contribution in [1.82, 2.24) is 10.2 Å². The van der Waals surface area contributed by atoms with Crippen LogP contribution in [0.25, 0.3) is 0 Å². The van der Waals surface area contributed by atoms with Gasteiger partial charge in [-0.3, -0.25) is 4.90 Å². The van der Waals surface area contributed by atoms with Crippen LogP contribution in [-0.4, -0.2) is 47.3 Å². The Balaban J connectivity index is 2.64. The first kappa shape index (κ1) is 15.9. The molecule has 0 aliphatic carbocycles. The molecule has 2 atom stereocenters. The van der Waals surface area contributed by atoms with E-state index in [1.807, 2.05) is 0 Å². The molecule has 1 aliphatic rings. The Kier molecular flexibility index (Phi) is 6.61. The van der Waals surface area contributed by atoms with E-state index in [1.165, 1.54) is 19.3 Å². The van der Waals surface area contributed by atoms with E-state index in [0.29, 0.717) is 12.1 Å². The third kappa shape index (κ3) is 4.22. The Hall–Kier alpha value is -0.120. The molecular weight excluding hydrogens is 224 g/mol. The van der Waals surface area contributed by atoms with E-state index < -0.39 is 5.60 Å². The van der Waals surface area contributed by atoms with Crippen LogP contribution in [0, 0.1) is 0 Å². The Morgan fingerprint density at radius 3 is 2.50 bits per heavy atom. The minimum absolute atomic E-state index is 0.498. The second-order valence-corrected chi connectivity index (χ2v) is 5.81. The Morgan fingerprint density at radius 2 is 1.94 bits per heavy atom. The molecule has 0 spiro atoms. The summed E-state index contributed by atoms with van der Waals surface area (Å²) < 4.78 is 0. The lowest BCUT2D eigenvalue weighted by Crippen LogP contribution is -2.55. The molecule has 0 radical (unpaired) electrons. The van der Waals surface area contributed by atoms with Gasteiger partial charge in [-0.25, -0.2) is 0 Å². The molecule has 0 aromatic heterocycles. The predicted molar refractivity (Wildman–Crippen MR) is 77.9 cm³/mol. The summed E-state index contributed by atoms with van der Waals surface area (Å²) in [6, 6.07) is 1.11. The summed E-state index contributed by atoms with van der Waals surface area (Å²) >= 11 is 0. The highest BCUT2D eigenvalue weighted by atomic mass is 16.3. The lowest BCUT2D eigenvalue weighted by atomic mass is 9.91. The predicted octanol–water partition coefficient (Wildman–Crippen LogP) is 2.39. The number of likely N-dealkylation sites (N-methyl/N-ethyl adjacent to an activating group) is 1. The van der Waals surface area contributed by atoms with Gasteiger partial charge >= 0.3 is 0 Å². The fourth-order valence-electron chi connectivity index (χ4n) is 3.09. The van der Waals surface area contributed by atoms with Crippen molar-refractivity contribution >= 4 is 0 Å². The van der Waals surface area contributed by atoms with E-state index in [2.05, 4.69) is 37.9 Å². The Bertz CT molecular complexity index is 229. The lowest BCUT2D eigenvalue weighted by molar-refractivity contribution is -0.0274. The molecule has 0 bridgehead atoms. The van der Waals surface area contributed by atoms with Gasteiger partial charge in [-0.05, 0) is 45.7 Å². The summed E-state index contributed by atoms with van der Waals surface area (Å²) in [6.07, 6.45) is 5.56. The van der Waals surface area contributed by atoms with Gasteiger partial charge in [0, 0.05) is 18.6 Å². The molecule has 3 nitrogen and oxygen atoms in total. The molecule has 0 saturated carbocycles. The number of likely N-dealkylation sites (tertiary alicyclic amines) is 1.